The predicted molar refractivity (Wildman–Crippen MR) is 144 cm³/mol. The number of pyridine rings is 1. The first-order valence-electron chi connectivity index (χ1n) is 12.6. The van der Waals surface area contributed by atoms with Gasteiger partial charge in [0, 0.05) is 11.8 Å². The predicted octanol–water partition coefficient (Wildman–Crippen LogP) is 5.77. The summed E-state index contributed by atoms with van der Waals surface area (Å²) >= 11 is 0. The van der Waals surface area contributed by atoms with E-state index in [1.807, 2.05) is 54.6 Å². The van der Waals surface area contributed by atoms with E-state index in [1.165, 1.54) is 11.8 Å². The Labute approximate surface area is 222 Å². The first kappa shape index (κ1) is 27.0. The van der Waals surface area contributed by atoms with Gasteiger partial charge in [-0.25, -0.2) is 14.6 Å². The second-order valence-corrected chi connectivity index (χ2v) is 10.6. The van der Waals surface area contributed by atoms with Crippen molar-refractivity contribution < 1.29 is 28.9 Å². The molecule has 0 saturated carbocycles. The average molecular weight is 519 g/mol. The van der Waals surface area contributed by atoms with Crippen LogP contribution in [-0.4, -0.2) is 50.8 Å². The van der Waals surface area contributed by atoms with Crippen LogP contribution in [0.25, 0.3) is 10.9 Å². The zero-order valence-electron chi connectivity index (χ0n) is 22.3. The van der Waals surface area contributed by atoms with Crippen molar-refractivity contribution in [2.24, 2.45) is 0 Å². The van der Waals surface area contributed by atoms with Crippen molar-refractivity contribution in [1.29, 1.82) is 0 Å². The molecule has 8 nitrogen and oxygen atoms in total. The topological polar surface area (TPSA) is 98.2 Å². The smallest absolute Gasteiger partial charge is 0.411 e. The van der Waals surface area contributed by atoms with Crippen LogP contribution in [0.4, 0.5) is 4.79 Å². The molecule has 0 spiro atoms. The number of allylic oxidation sites excluding steroid dienone is 1. The fraction of sp³-hybridized carbons (Fsp3) is 0.367. The van der Waals surface area contributed by atoms with Gasteiger partial charge in [0.25, 0.3) is 0 Å². The summed E-state index contributed by atoms with van der Waals surface area (Å²) in [6, 6.07) is 17.5. The van der Waals surface area contributed by atoms with Crippen LogP contribution < -0.4 is 9.47 Å². The van der Waals surface area contributed by atoms with E-state index in [0.717, 1.165) is 10.9 Å². The van der Waals surface area contributed by atoms with Gasteiger partial charge >= 0.3 is 12.1 Å². The molecule has 0 radical (unpaired) electrons. The molecule has 2 atom stereocenters. The number of carboxylic acids is 1. The Morgan fingerprint density at radius 2 is 1.84 bits per heavy atom. The SMILES string of the molecule is C=CCc1c(O[C@H]2CN(C(=O)OC(C)(C)C)[C@](C)(C(=O)O)C2)nc2ccccc2c1OCc1ccccc1. The van der Waals surface area contributed by atoms with E-state index in [2.05, 4.69) is 6.58 Å². The molecule has 1 N–H and O–H groups in total. The molecule has 0 unspecified atom stereocenters. The highest BCUT2D eigenvalue weighted by atomic mass is 16.6. The van der Waals surface area contributed by atoms with E-state index in [0.29, 0.717) is 35.7 Å². The summed E-state index contributed by atoms with van der Waals surface area (Å²) in [7, 11) is 0. The maximum absolute atomic E-state index is 12.9. The largest absolute Gasteiger partial charge is 0.488 e. The molecule has 8 heteroatoms. The lowest BCUT2D eigenvalue weighted by Gasteiger charge is -2.32. The Morgan fingerprint density at radius 3 is 2.50 bits per heavy atom. The summed E-state index contributed by atoms with van der Waals surface area (Å²) in [5.41, 5.74) is 0.150. The fourth-order valence-corrected chi connectivity index (χ4v) is 4.57. The summed E-state index contributed by atoms with van der Waals surface area (Å²) in [6.07, 6.45) is 0.928. The Hall–Kier alpha value is -4.07. The van der Waals surface area contributed by atoms with Crippen molar-refractivity contribution in [2.45, 2.75) is 64.4 Å². The number of nitrogens with zero attached hydrogens (tertiary/aromatic N) is 2. The molecule has 0 aliphatic carbocycles. The molecule has 1 fully saturated rings. The number of aromatic nitrogens is 1. The maximum atomic E-state index is 12.9. The molecular formula is C30H34N2O6. The number of para-hydroxylation sites is 1. The molecule has 2 heterocycles. The number of likely N-dealkylation sites (tertiary alicyclic amines) is 1. The Balaban J connectivity index is 1.69. The number of benzene rings is 2. The van der Waals surface area contributed by atoms with Gasteiger partial charge in [0.15, 0.2) is 0 Å². The van der Waals surface area contributed by atoms with E-state index in [-0.39, 0.29) is 13.0 Å². The van der Waals surface area contributed by atoms with Crippen LogP contribution in [0.5, 0.6) is 11.6 Å². The standard InChI is InChI=1S/C30H34N2O6/c1-6-12-23-25(36-19-20-13-8-7-9-14-20)22-15-10-11-16-24(22)31-26(23)37-21-17-30(5,27(33)34)32(18-21)28(35)38-29(2,3)4/h6-11,13-16,21H,1,12,17-19H2,2-5H3,(H,33,34)/t21-,30+/m1/s1. The van der Waals surface area contributed by atoms with Crippen LogP contribution in [0.3, 0.4) is 0 Å². The number of carbonyl (C=O) groups excluding carboxylic acids is 1. The molecule has 3 aromatic rings. The molecule has 2 aromatic carbocycles. The number of carbonyl (C=O) groups is 2. The zero-order chi connectivity index (χ0) is 27.5. The molecule has 0 bridgehead atoms. The molecule has 38 heavy (non-hydrogen) atoms. The minimum atomic E-state index is -1.49. The third-order valence-electron chi connectivity index (χ3n) is 6.44. The molecular weight excluding hydrogens is 484 g/mol. The van der Waals surface area contributed by atoms with Crippen molar-refractivity contribution >= 4 is 23.0 Å². The van der Waals surface area contributed by atoms with Crippen molar-refractivity contribution in [2.75, 3.05) is 6.54 Å². The van der Waals surface area contributed by atoms with Crippen molar-refractivity contribution in [3.8, 4) is 11.6 Å². The molecule has 1 amide bonds. The number of carboxylic acid groups (broad SMARTS) is 1. The van der Waals surface area contributed by atoms with Gasteiger partial charge in [-0.2, -0.15) is 0 Å². The van der Waals surface area contributed by atoms with Gasteiger partial charge in [-0.1, -0.05) is 48.5 Å². The number of ether oxygens (including phenoxy) is 3. The van der Waals surface area contributed by atoms with Gasteiger partial charge in [0.2, 0.25) is 5.88 Å². The number of hydrogen-bond donors (Lipinski definition) is 1. The molecule has 1 aliphatic heterocycles. The Bertz CT molecular complexity index is 1330. The Kier molecular flexibility index (Phi) is 7.62. The number of hydrogen-bond acceptors (Lipinski definition) is 6. The quantitative estimate of drug-likeness (QED) is 0.378. The molecule has 1 saturated heterocycles. The fourth-order valence-electron chi connectivity index (χ4n) is 4.57. The van der Waals surface area contributed by atoms with Gasteiger partial charge in [-0.05, 0) is 51.8 Å². The van der Waals surface area contributed by atoms with Gasteiger partial charge in [-0.15, -0.1) is 6.58 Å². The third kappa shape index (κ3) is 5.74. The lowest BCUT2D eigenvalue weighted by molar-refractivity contribution is -0.148. The van der Waals surface area contributed by atoms with E-state index in [9.17, 15) is 14.7 Å². The summed E-state index contributed by atoms with van der Waals surface area (Å²) in [5, 5.41) is 10.9. The van der Waals surface area contributed by atoms with Crippen molar-refractivity contribution in [3.63, 3.8) is 0 Å². The zero-order valence-corrected chi connectivity index (χ0v) is 22.3. The maximum Gasteiger partial charge on any atom is 0.411 e. The first-order valence-corrected chi connectivity index (χ1v) is 12.6. The molecule has 4 rings (SSSR count). The van der Waals surface area contributed by atoms with E-state index >= 15 is 0 Å². The summed E-state index contributed by atoms with van der Waals surface area (Å²) in [4.78, 5) is 31.2. The summed E-state index contributed by atoms with van der Waals surface area (Å²) in [5.74, 6) is -0.160. The van der Waals surface area contributed by atoms with Crippen LogP contribution in [0.2, 0.25) is 0 Å². The lowest BCUT2D eigenvalue weighted by Crippen LogP contribution is -2.52. The van der Waals surface area contributed by atoms with Crippen molar-refractivity contribution in [1.82, 2.24) is 9.88 Å². The average Bonchev–Trinajstić information content (AvgIpc) is 3.21. The number of fused-ring (bicyclic) bond motifs is 1. The van der Waals surface area contributed by atoms with E-state index in [1.54, 1.807) is 26.8 Å². The highest BCUT2D eigenvalue weighted by Gasteiger charge is 2.52. The normalized spacial score (nSPS) is 19.3. The minimum Gasteiger partial charge on any atom is -0.488 e. The van der Waals surface area contributed by atoms with E-state index < -0.39 is 29.3 Å². The number of rotatable bonds is 8. The molecule has 1 aliphatic rings. The lowest BCUT2D eigenvalue weighted by atomic mass is 9.98. The minimum absolute atomic E-state index is 0.0416. The second kappa shape index (κ2) is 10.7. The molecule has 200 valence electrons. The summed E-state index contributed by atoms with van der Waals surface area (Å²) < 4.78 is 18.2. The number of amides is 1. The molecule has 1 aromatic heterocycles. The van der Waals surface area contributed by atoms with Crippen LogP contribution in [0.15, 0.2) is 67.3 Å². The van der Waals surface area contributed by atoms with Gasteiger partial charge in [-0.3, -0.25) is 4.90 Å². The van der Waals surface area contributed by atoms with Gasteiger partial charge < -0.3 is 19.3 Å². The van der Waals surface area contributed by atoms with Crippen LogP contribution in [0.1, 0.15) is 45.2 Å². The van der Waals surface area contributed by atoms with Crippen LogP contribution in [0, 0.1) is 0 Å². The second-order valence-electron chi connectivity index (χ2n) is 10.6. The van der Waals surface area contributed by atoms with E-state index in [4.69, 9.17) is 19.2 Å². The van der Waals surface area contributed by atoms with Crippen LogP contribution in [-0.2, 0) is 22.6 Å². The number of aliphatic carboxylic acids is 1. The van der Waals surface area contributed by atoms with Gasteiger partial charge in [0.1, 0.15) is 29.6 Å². The highest BCUT2D eigenvalue weighted by Crippen LogP contribution is 2.39. The summed E-state index contributed by atoms with van der Waals surface area (Å²) in [6.45, 7) is 11.0. The van der Waals surface area contributed by atoms with Crippen LogP contribution >= 0.6 is 0 Å². The van der Waals surface area contributed by atoms with Crippen molar-refractivity contribution in [3.05, 3.63) is 78.4 Å². The van der Waals surface area contributed by atoms with Gasteiger partial charge in [0.05, 0.1) is 17.6 Å². The first-order chi connectivity index (χ1) is 18.0. The third-order valence-corrected chi connectivity index (χ3v) is 6.44. The Morgan fingerprint density at radius 1 is 1.16 bits per heavy atom. The monoisotopic (exact) mass is 518 g/mol. The highest BCUT2D eigenvalue weighted by molar-refractivity contribution is 5.88.